The average molecular weight is 174 g/mol. The van der Waals surface area contributed by atoms with Crippen LogP contribution in [0.5, 0.6) is 0 Å². The van der Waals surface area contributed by atoms with Crippen LogP contribution in [0, 0.1) is 0 Å². The van der Waals surface area contributed by atoms with Crippen LogP contribution >= 0.6 is 0 Å². The molecule has 0 aromatic heterocycles. The van der Waals surface area contributed by atoms with Crippen molar-refractivity contribution in [3.05, 3.63) is 0 Å². The topological polar surface area (TPSA) is 46.5 Å². The lowest BCUT2D eigenvalue weighted by molar-refractivity contribution is -0.171. The molecule has 0 amide bonds. The fourth-order valence-corrected chi connectivity index (χ4v) is 1.40. The van der Waals surface area contributed by atoms with Crippen LogP contribution < -0.4 is 0 Å². The zero-order valence-electron chi connectivity index (χ0n) is 7.16. The van der Waals surface area contributed by atoms with Gasteiger partial charge in [0, 0.05) is 0 Å². The number of alkyl halides is 1. The molecule has 1 N–H and O–H groups in total. The van der Waals surface area contributed by atoms with E-state index in [1.807, 2.05) is 6.92 Å². The van der Waals surface area contributed by atoms with E-state index in [9.17, 15) is 14.3 Å². The highest BCUT2D eigenvalue weighted by Gasteiger charge is 2.42. The average Bonchev–Trinajstić information content (AvgIpc) is 2.08. The van der Waals surface area contributed by atoms with Crippen molar-refractivity contribution in [2.45, 2.75) is 37.5 Å². The lowest BCUT2D eigenvalue weighted by atomic mass is 9.74. The van der Waals surface area contributed by atoms with Gasteiger partial charge in [-0.3, -0.25) is 0 Å². The Bertz CT molecular complexity index is 185. The van der Waals surface area contributed by atoms with Crippen LogP contribution in [0.1, 0.15) is 13.3 Å². The van der Waals surface area contributed by atoms with Crippen LogP contribution in [0.25, 0.3) is 0 Å². The number of ether oxygens (including phenoxy) is 1. The predicted octanol–water partition coefficient (Wildman–Crippen LogP) is -0.558. The molecule has 1 rings (SSSR count). The molecule has 3 nitrogen and oxygen atoms in total. The number of carbonyl (C=O) groups excluding carboxylic acids is 1. The maximum absolute atomic E-state index is 12.8. The molecule has 0 saturated carbocycles. The number of cyclic esters (lactones) is 1. The molecule has 1 aliphatic heterocycles. The third kappa shape index (κ3) is 1.46. The van der Waals surface area contributed by atoms with Crippen LogP contribution in [-0.2, 0) is 9.53 Å². The van der Waals surface area contributed by atoms with Gasteiger partial charge in [0.05, 0.1) is 12.2 Å². The first-order chi connectivity index (χ1) is 5.57. The van der Waals surface area contributed by atoms with E-state index in [2.05, 4.69) is 0 Å². The van der Waals surface area contributed by atoms with Crippen molar-refractivity contribution >= 4 is 13.8 Å². The van der Waals surface area contributed by atoms with Crippen LogP contribution in [0.15, 0.2) is 0 Å². The minimum Gasteiger partial charge on any atom is -0.461 e. The number of esters is 1. The summed E-state index contributed by atoms with van der Waals surface area (Å²) < 4.78 is 17.6. The number of rotatable bonds is 1. The van der Waals surface area contributed by atoms with Crippen molar-refractivity contribution in [2.24, 2.45) is 0 Å². The van der Waals surface area contributed by atoms with E-state index in [1.54, 1.807) is 7.85 Å². The second-order valence-electron chi connectivity index (χ2n) is 3.14. The Morgan fingerprint density at radius 1 is 1.75 bits per heavy atom. The normalized spacial score (nSPS) is 42.4. The lowest BCUT2D eigenvalue weighted by Gasteiger charge is -2.33. The molecule has 1 heterocycles. The Morgan fingerprint density at radius 2 is 2.33 bits per heavy atom. The molecule has 0 aromatic carbocycles. The second kappa shape index (κ2) is 3.43. The Hall–Kier alpha value is -0.575. The van der Waals surface area contributed by atoms with Gasteiger partial charge < -0.3 is 9.84 Å². The number of aliphatic hydroxyl groups excluding tert-OH is 1. The molecule has 0 aliphatic carbocycles. The quantitative estimate of drug-likeness (QED) is 0.428. The summed E-state index contributed by atoms with van der Waals surface area (Å²) in [6.07, 6.45) is -2.82. The highest BCUT2D eigenvalue weighted by atomic mass is 19.1. The highest BCUT2D eigenvalue weighted by molar-refractivity contribution is 6.13. The van der Waals surface area contributed by atoms with Gasteiger partial charge in [-0.05, 0) is 12.2 Å². The van der Waals surface area contributed by atoms with Crippen molar-refractivity contribution in [3.8, 4) is 0 Å². The molecule has 5 heteroatoms. The summed E-state index contributed by atoms with van der Waals surface area (Å²) in [6.45, 7) is 1.83. The van der Waals surface area contributed by atoms with E-state index < -0.39 is 18.2 Å². The van der Waals surface area contributed by atoms with Crippen molar-refractivity contribution in [1.29, 1.82) is 0 Å². The summed E-state index contributed by atoms with van der Waals surface area (Å²) in [5.74, 6) is -1.25. The third-order valence-electron chi connectivity index (χ3n) is 2.32. The zero-order valence-corrected chi connectivity index (χ0v) is 7.16. The van der Waals surface area contributed by atoms with Crippen molar-refractivity contribution in [2.75, 3.05) is 0 Å². The molecule has 0 spiro atoms. The first-order valence-electron chi connectivity index (χ1n) is 4.10. The van der Waals surface area contributed by atoms with E-state index in [4.69, 9.17) is 4.74 Å². The number of aliphatic hydroxyl groups is 1. The summed E-state index contributed by atoms with van der Waals surface area (Å²) in [5.41, 5.74) is 0. The maximum Gasteiger partial charge on any atom is 0.343 e. The summed E-state index contributed by atoms with van der Waals surface area (Å²) in [7, 11) is 1.68. The molecular weight excluding hydrogens is 162 g/mol. The molecule has 1 saturated heterocycles. The SMILES string of the molecule is B[C@@H]1C(O)[C@H](F)C(=O)O[C@@H]1CC. The minimum absolute atomic E-state index is 0.317. The van der Waals surface area contributed by atoms with Gasteiger partial charge in [-0.2, -0.15) is 0 Å². The molecule has 1 fully saturated rings. The maximum atomic E-state index is 12.8. The fraction of sp³-hybridized carbons (Fsp3) is 0.857. The molecule has 0 aromatic rings. The molecule has 0 bridgehead atoms. The smallest absolute Gasteiger partial charge is 0.343 e. The van der Waals surface area contributed by atoms with Crippen LogP contribution in [0.4, 0.5) is 4.39 Å². The van der Waals surface area contributed by atoms with Crippen LogP contribution in [0.2, 0.25) is 5.82 Å². The van der Waals surface area contributed by atoms with E-state index in [0.29, 0.717) is 6.42 Å². The summed E-state index contributed by atoms with van der Waals surface area (Å²) in [6, 6.07) is 0. The molecule has 1 unspecified atom stereocenters. The number of carbonyl (C=O) groups is 1. The van der Waals surface area contributed by atoms with Crippen molar-refractivity contribution in [1.82, 2.24) is 0 Å². The zero-order chi connectivity index (χ0) is 9.30. The largest absolute Gasteiger partial charge is 0.461 e. The van der Waals surface area contributed by atoms with Gasteiger partial charge in [0.1, 0.15) is 7.85 Å². The first-order valence-corrected chi connectivity index (χ1v) is 4.10. The molecular formula is C7H12BFO3. The van der Waals surface area contributed by atoms with Gasteiger partial charge in [0.25, 0.3) is 0 Å². The third-order valence-corrected chi connectivity index (χ3v) is 2.32. The van der Waals surface area contributed by atoms with Crippen LogP contribution in [-0.4, -0.2) is 37.3 Å². The van der Waals surface area contributed by atoms with Gasteiger partial charge in [-0.1, -0.05) is 6.92 Å². The summed E-state index contributed by atoms with van der Waals surface area (Å²) in [4.78, 5) is 10.8. The Labute approximate surface area is 71.3 Å². The highest BCUT2D eigenvalue weighted by Crippen LogP contribution is 2.28. The van der Waals surface area contributed by atoms with Gasteiger partial charge >= 0.3 is 5.97 Å². The molecule has 4 atom stereocenters. The van der Waals surface area contributed by atoms with E-state index in [0.717, 1.165) is 0 Å². The lowest BCUT2D eigenvalue weighted by Crippen LogP contribution is -2.47. The fourth-order valence-electron chi connectivity index (χ4n) is 1.40. The first kappa shape index (κ1) is 9.51. The molecule has 0 radical (unpaired) electrons. The van der Waals surface area contributed by atoms with Gasteiger partial charge in [0.2, 0.25) is 6.17 Å². The van der Waals surface area contributed by atoms with Gasteiger partial charge in [-0.25, -0.2) is 9.18 Å². The van der Waals surface area contributed by atoms with Gasteiger partial charge in [0.15, 0.2) is 0 Å². The van der Waals surface area contributed by atoms with Crippen molar-refractivity contribution in [3.63, 3.8) is 0 Å². The Balaban J connectivity index is 2.70. The monoisotopic (exact) mass is 174 g/mol. The molecule has 12 heavy (non-hydrogen) atoms. The molecule has 68 valence electrons. The Morgan fingerprint density at radius 3 is 2.83 bits per heavy atom. The van der Waals surface area contributed by atoms with E-state index in [-0.39, 0.29) is 11.9 Å². The Kier molecular flexibility index (Phi) is 2.72. The van der Waals surface area contributed by atoms with Gasteiger partial charge in [-0.15, -0.1) is 0 Å². The summed E-state index contributed by atoms with van der Waals surface area (Å²) >= 11 is 0. The number of hydrogen-bond donors (Lipinski definition) is 1. The second-order valence-corrected chi connectivity index (χ2v) is 3.14. The summed E-state index contributed by atoms with van der Waals surface area (Å²) in [5, 5.41) is 9.24. The van der Waals surface area contributed by atoms with Crippen LogP contribution in [0.3, 0.4) is 0 Å². The minimum atomic E-state index is -1.87. The molecule has 1 aliphatic rings. The van der Waals surface area contributed by atoms with E-state index in [1.165, 1.54) is 0 Å². The standard InChI is InChI=1S/C7H12BFO3/c1-2-3-4(8)6(10)5(9)7(11)12-3/h3-6,10H,2,8H2,1H3/t3-,4+,5+,6?/m1/s1. The van der Waals surface area contributed by atoms with E-state index >= 15 is 0 Å². The number of halogens is 1. The van der Waals surface area contributed by atoms with Crippen molar-refractivity contribution < 1.29 is 19.0 Å². The number of hydrogen-bond acceptors (Lipinski definition) is 3. The predicted molar refractivity (Wildman–Crippen MR) is 43.4 cm³/mol.